The summed E-state index contributed by atoms with van der Waals surface area (Å²) in [5.74, 6) is 6.83. The Labute approximate surface area is 145 Å². The molecule has 2 saturated carbocycles. The molecule has 10 radical (unpaired) electrons. The number of para-hydroxylation sites is 1. The van der Waals surface area contributed by atoms with Crippen LogP contribution in [0.4, 0.5) is 5.69 Å². The molecule has 1 aromatic rings. The molecule has 0 spiro atoms. The van der Waals surface area contributed by atoms with Crippen molar-refractivity contribution < 1.29 is 17.1 Å². The van der Waals surface area contributed by atoms with Crippen molar-refractivity contribution in [1.82, 2.24) is 0 Å². The third kappa shape index (κ3) is 8.27. The van der Waals surface area contributed by atoms with Gasteiger partial charge in [-0.25, -0.2) is 0 Å². The molecule has 2 aliphatic rings. The van der Waals surface area contributed by atoms with E-state index >= 15 is 0 Å². The minimum absolute atomic E-state index is 0. The van der Waals surface area contributed by atoms with Gasteiger partial charge in [0.05, 0.1) is 17.8 Å². The largest absolute Gasteiger partial charge is 2.00 e. The molecule has 1 aromatic carbocycles. The number of hydrogen-bond acceptors (Lipinski definition) is 2. The van der Waals surface area contributed by atoms with Gasteiger partial charge in [0.25, 0.3) is 0 Å². The van der Waals surface area contributed by atoms with E-state index in [0.717, 1.165) is 11.6 Å². The second-order valence-electron chi connectivity index (χ2n) is 4.14. The third-order valence-electron chi connectivity index (χ3n) is 2.53. The Morgan fingerprint density at radius 1 is 0.818 bits per heavy atom. The minimum atomic E-state index is 0. The maximum Gasteiger partial charge on any atom is 2.00 e. The Bertz CT molecular complexity index is 456. The summed E-state index contributed by atoms with van der Waals surface area (Å²) in [6.45, 7) is 0. The standard InChI is InChI=1S/C14H11N2.C5H5.Fe/c1-2-10-14(11-3-1)16-15-12-6-9-13-7-4-5-8-13;1-2-4-5-3-1;/h1-5,7-8,10-12,16H;1-5H;/q;;+2/b15-12-;;. The summed E-state index contributed by atoms with van der Waals surface area (Å²) in [5.41, 5.74) is 3.84. The van der Waals surface area contributed by atoms with Gasteiger partial charge < -0.3 is 0 Å². The molecule has 0 aliphatic heterocycles. The first-order valence-electron chi connectivity index (χ1n) is 6.68. The van der Waals surface area contributed by atoms with E-state index in [1.165, 1.54) is 0 Å². The maximum absolute atomic E-state index is 3.99. The summed E-state index contributed by atoms with van der Waals surface area (Å²) >= 11 is 0. The number of benzene rings is 1. The average Bonchev–Trinajstić information content (AvgIpc) is 3.24. The Morgan fingerprint density at radius 2 is 1.41 bits per heavy atom. The van der Waals surface area contributed by atoms with Crippen molar-refractivity contribution in [2.75, 3.05) is 5.43 Å². The van der Waals surface area contributed by atoms with Crippen molar-refractivity contribution in [1.29, 1.82) is 0 Å². The molecule has 3 heteroatoms. The molecule has 0 atom stereocenters. The minimum Gasteiger partial charge on any atom is -0.278 e. The van der Waals surface area contributed by atoms with Gasteiger partial charge in [0.15, 0.2) is 0 Å². The monoisotopic (exact) mass is 328 g/mol. The quantitative estimate of drug-likeness (QED) is 0.382. The number of rotatable bonds is 2. The van der Waals surface area contributed by atoms with E-state index in [0.29, 0.717) is 0 Å². The van der Waals surface area contributed by atoms with Crippen LogP contribution in [0.2, 0.25) is 0 Å². The summed E-state index contributed by atoms with van der Waals surface area (Å²) in [4.78, 5) is 0. The van der Waals surface area contributed by atoms with Crippen LogP contribution in [0.25, 0.3) is 0 Å². The molecule has 0 saturated heterocycles. The zero-order valence-electron chi connectivity index (χ0n) is 12.0. The zero-order chi connectivity index (χ0) is 14.6. The maximum atomic E-state index is 3.99. The smallest absolute Gasteiger partial charge is 0.278 e. The fourth-order valence-corrected chi connectivity index (χ4v) is 1.55. The fraction of sp³-hybridized carbons (Fsp3) is 0. The van der Waals surface area contributed by atoms with Crippen molar-refractivity contribution in [3.8, 4) is 11.8 Å². The van der Waals surface area contributed by atoms with Crippen LogP contribution >= 0.6 is 0 Å². The van der Waals surface area contributed by atoms with Crippen LogP contribution in [0.3, 0.4) is 0 Å². The molecule has 22 heavy (non-hydrogen) atoms. The number of nitrogens with zero attached hydrogens (tertiary/aromatic N) is 1. The normalized spacial score (nSPS) is 17.1. The van der Waals surface area contributed by atoms with E-state index in [9.17, 15) is 0 Å². The van der Waals surface area contributed by atoms with E-state index in [2.05, 4.69) is 22.4 Å². The molecule has 0 unspecified atom stereocenters. The summed E-state index contributed by atoms with van der Waals surface area (Å²) in [6, 6.07) is 9.76. The van der Waals surface area contributed by atoms with Gasteiger partial charge in [-0.1, -0.05) is 30.0 Å². The SMILES string of the molecule is C(#C[C]1[CH][CH][CH][CH]1)/C=N\Nc1ccccc1.[CH]1[CH][CH][CH][CH]1.[Fe+2]. The second kappa shape index (κ2) is 12.3. The van der Waals surface area contributed by atoms with E-state index in [-0.39, 0.29) is 17.1 Å². The van der Waals surface area contributed by atoms with Crippen molar-refractivity contribution >= 4 is 11.9 Å². The molecule has 0 aromatic heterocycles. The van der Waals surface area contributed by atoms with Crippen LogP contribution in [0.1, 0.15) is 0 Å². The van der Waals surface area contributed by atoms with Gasteiger partial charge in [-0.2, -0.15) is 5.10 Å². The molecule has 1 N–H and O–H groups in total. The van der Waals surface area contributed by atoms with Crippen LogP contribution < -0.4 is 5.43 Å². The molecule has 0 amide bonds. The number of hydrogen-bond donors (Lipinski definition) is 1. The van der Waals surface area contributed by atoms with Crippen LogP contribution in [0, 0.1) is 75.5 Å². The number of anilines is 1. The van der Waals surface area contributed by atoms with Crippen molar-refractivity contribution in [2.45, 2.75) is 0 Å². The summed E-state index contributed by atoms with van der Waals surface area (Å²) < 4.78 is 0. The van der Waals surface area contributed by atoms with Crippen LogP contribution in [-0.2, 0) is 17.1 Å². The van der Waals surface area contributed by atoms with Gasteiger partial charge >= 0.3 is 17.1 Å². The number of hydrazone groups is 1. The first kappa shape index (κ1) is 18.8. The van der Waals surface area contributed by atoms with Gasteiger partial charge in [0, 0.05) is 0 Å². The molecule has 2 aliphatic carbocycles. The Hall–Kier alpha value is -1.23. The van der Waals surface area contributed by atoms with Gasteiger partial charge in [-0.15, -0.1) is 0 Å². The molecule has 0 bridgehead atoms. The van der Waals surface area contributed by atoms with Crippen molar-refractivity contribution in [3.05, 3.63) is 94.0 Å². The summed E-state index contributed by atoms with van der Waals surface area (Å²) in [5, 5.41) is 3.99. The van der Waals surface area contributed by atoms with E-state index in [4.69, 9.17) is 0 Å². The molecule has 108 valence electrons. The predicted octanol–water partition coefficient (Wildman–Crippen LogP) is 3.51. The Kier molecular flexibility index (Phi) is 10.5. The van der Waals surface area contributed by atoms with Crippen molar-refractivity contribution in [3.63, 3.8) is 0 Å². The first-order valence-corrected chi connectivity index (χ1v) is 6.68. The van der Waals surface area contributed by atoms with Gasteiger partial charge in [0.2, 0.25) is 0 Å². The number of nitrogens with one attached hydrogen (secondary N) is 1. The van der Waals surface area contributed by atoms with E-state index < -0.39 is 0 Å². The summed E-state index contributed by atoms with van der Waals surface area (Å²) in [6.07, 6.45) is 19.4. The van der Waals surface area contributed by atoms with E-state index in [1.54, 1.807) is 6.21 Å². The van der Waals surface area contributed by atoms with Crippen LogP contribution in [0.5, 0.6) is 0 Å². The van der Waals surface area contributed by atoms with Gasteiger partial charge in [-0.05, 0) is 69.9 Å². The predicted molar refractivity (Wildman–Crippen MR) is 88.3 cm³/mol. The molecular weight excluding hydrogens is 312 g/mol. The van der Waals surface area contributed by atoms with Crippen LogP contribution in [0.15, 0.2) is 35.4 Å². The first-order chi connectivity index (χ1) is 10.4. The Morgan fingerprint density at radius 3 is 2.00 bits per heavy atom. The van der Waals surface area contributed by atoms with Gasteiger partial charge in [-0.3, -0.25) is 5.43 Å². The van der Waals surface area contributed by atoms with Crippen LogP contribution in [-0.4, -0.2) is 6.21 Å². The molecule has 0 heterocycles. The third-order valence-corrected chi connectivity index (χ3v) is 2.53. The fourth-order valence-electron chi connectivity index (χ4n) is 1.55. The second-order valence-corrected chi connectivity index (χ2v) is 4.14. The van der Waals surface area contributed by atoms with Gasteiger partial charge in [0.1, 0.15) is 0 Å². The van der Waals surface area contributed by atoms with E-state index in [1.807, 2.05) is 88.1 Å². The van der Waals surface area contributed by atoms with Crippen molar-refractivity contribution in [2.24, 2.45) is 5.10 Å². The molecule has 2 nitrogen and oxygen atoms in total. The molecule has 2 fully saturated rings. The topological polar surface area (TPSA) is 24.4 Å². The summed E-state index contributed by atoms with van der Waals surface area (Å²) in [7, 11) is 0. The Balaban J connectivity index is 0.000000344. The zero-order valence-corrected chi connectivity index (χ0v) is 13.1. The average molecular weight is 328 g/mol. The molecule has 3 rings (SSSR count). The molecular formula is C19H16FeN2+2.